The number of piperidine rings is 1. The molecule has 0 radical (unpaired) electrons. The van der Waals surface area contributed by atoms with Crippen molar-refractivity contribution in [2.24, 2.45) is 5.92 Å². The van der Waals surface area contributed by atoms with Crippen LogP contribution < -0.4 is 0 Å². The SMILES string of the molecule is CCSCc1ccc(C(=O)N(C)CC(=O)N2CCC(C(=O)O)CC2)cc1. The summed E-state index contributed by atoms with van der Waals surface area (Å²) < 4.78 is 0. The van der Waals surface area contributed by atoms with Gasteiger partial charge in [0.15, 0.2) is 0 Å². The van der Waals surface area contributed by atoms with Gasteiger partial charge in [-0.1, -0.05) is 19.1 Å². The van der Waals surface area contributed by atoms with Crippen LogP contribution in [0.3, 0.4) is 0 Å². The van der Waals surface area contributed by atoms with Crippen LogP contribution >= 0.6 is 11.8 Å². The van der Waals surface area contributed by atoms with Gasteiger partial charge in [-0.05, 0) is 36.3 Å². The van der Waals surface area contributed by atoms with Crippen molar-refractivity contribution in [2.75, 3.05) is 32.4 Å². The zero-order valence-electron chi connectivity index (χ0n) is 15.3. The Morgan fingerprint density at radius 2 is 1.81 bits per heavy atom. The molecule has 1 fully saturated rings. The van der Waals surface area contributed by atoms with Crippen molar-refractivity contribution in [3.8, 4) is 0 Å². The minimum absolute atomic E-state index is 0.00398. The number of thioether (sulfide) groups is 1. The van der Waals surface area contributed by atoms with Gasteiger partial charge in [0.1, 0.15) is 0 Å². The molecule has 1 saturated heterocycles. The molecule has 0 bridgehead atoms. The van der Waals surface area contributed by atoms with Gasteiger partial charge in [0.05, 0.1) is 12.5 Å². The second-order valence-electron chi connectivity index (χ2n) is 6.49. The van der Waals surface area contributed by atoms with Gasteiger partial charge < -0.3 is 14.9 Å². The summed E-state index contributed by atoms with van der Waals surface area (Å²) in [7, 11) is 1.62. The van der Waals surface area contributed by atoms with E-state index in [4.69, 9.17) is 5.11 Å². The molecule has 1 heterocycles. The third-order valence-corrected chi connectivity index (χ3v) is 5.54. The Balaban J connectivity index is 1.86. The zero-order valence-corrected chi connectivity index (χ0v) is 16.1. The fourth-order valence-electron chi connectivity index (χ4n) is 2.93. The number of carboxylic acid groups (broad SMARTS) is 1. The van der Waals surface area contributed by atoms with Gasteiger partial charge in [0.2, 0.25) is 5.91 Å². The predicted octanol–water partition coefficient (Wildman–Crippen LogP) is 2.33. The Bertz CT molecular complexity index is 639. The molecule has 1 N–H and O–H groups in total. The minimum atomic E-state index is -0.801. The van der Waals surface area contributed by atoms with Gasteiger partial charge in [-0.3, -0.25) is 14.4 Å². The predicted molar refractivity (Wildman–Crippen MR) is 102 cm³/mol. The topological polar surface area (TPSA) is 77.9 Å². The molecule has 1 aliphatic heterocycles. The van der Waals surface area contributed by atoms with Gasteiger partial charge in [-0.2, -0.15) is 11.8 Å². The first-order valence-corrected chi connectivity index (χ1v) is 10.0. The van der Waals surface area contributed by atoms with Crippen molar-refractivity contribution in [3.05, 3.63) is 35.4 Å². The average molecular weight is 378 g/mol. The van der Waals surface area contributed by atoms with Crippen molar-refractivity contribution >= 4 is 29.5 Å². The highest BCUT2D eigenvalue weighted by atomic mass is 32.2. The lowest BCUT2D eigenvalue weighted by Crippen LogP contribution is -2.45. The molecule has 0 aromatic heterocycles. The lowest BCUT2D eigenvalue weighted by Gasteiger charge is -2.31. The maximum atomic E-state index is 12.5. The molecule has 1 aromatic rings. The molecule has 142 valence electrons. The fourth-order valence-corrected chi connectivity index (χ4v) is 3.57. The fraction of sp³-hybridized carbons (Fsp3) is 0.526. The Morgan fingerprint density at radius 3 is 2.35 bits per heavy atom. The first-order chi connectivity index (χ1) is 12.4. The highest BCUT2D eigenvalue weighted by molar-refractivity contribution is 7.98. The van der Waals surface area contributed by atoms with Gasteiger partial charge >= 0.3 is 5.97 Å². The Labute approximate surface area is 158 Å². The van der Waals surface area contributed by atoms with Crippen LogP contribution in [0.2, 0.25) is 0 Å². The molecule has 1 aliphatic rings. The summed E-state index contributed by atoms with van der Waals surface area (Å²) in [4.78, 5) is 38.9. The van der Waals surface area contributed by atoms with E-state index < -0.39 is 5.97 Å². The van der Waals surface area contributed by atoms with Crippen molar-refractivity contribution in [3.63, 3.8) is 0 Å². The van der Waals surface area contributed by atoms with Gasteiger partial charge in [-0.25, -0.2) is 0 Å². The summed E-state index contributed by atoms with van der Waals surface area (Å²) in [5.41, 5.74) is 1.74. The highest BCUT2D eigenvalue weighted by Crippen LogP contribution is 2.18. The molecule has 0 atom stereocenters. The Hall–Kier alpha value is -2.02. The molecular weight excluding hydrogens is 352 g/mol. The smallest absolute Gasteiger partial charge is 0.306 e. The maximum absolute atomic E-state index is 12.5. The summed E-state index contributed by atoms with van der Waals surface area (Å²) in [5, 5.41) is 9.02. The number of carboxylic acids is 1. The number of amides is 2. The number of hydrogen-bond acceptors (Lipinski definition) is 4. The number of benzene rings is 1. The third-order valence-electron chi connectivity index (χ3n) is 4.59. The first kappa shape index (κ1) is 20.3. The Morgan fingerprint density at radius 1 is 1.19 bits per heavy atom. The number of rotatable bonds is 7. The largest absolute Gasteiger partial charge is 0.481 e. The summed E-state index contributed by atoms with van der Waals surface area (Å²) in [6.45, 7) is 2.98. The molecular formula is C19H26N2O4S. The molecule has 0 unspecified atom stereocenters. The molecule has 0 spiro atoms. The van der Waals surface area contributed by atoms with Crippen molar-refractivity contribution < 1.29 is 19.5 Å². The van der Waals surface area contributed by atoms with Crippen LogP contribution in [0.25, 0.3) is 0 Å². The highest BCUT2D eigenvalue weighted by Gasteiger charge is 2.28. The van der Waals surface area contributed by atoms with E-state index in [-0.39, 0.29) is 24.3 Å². The zero-order chi connectivity index (χ0) is 19.1. The van der Waals surface area contributed by atoms with E-state index in [9.17, 15) is 14.4 Å². The molecule has 0 aliphatic carbocycles. The van der Waals surface area contributed by atoms with Crippen LogP contribution in [0.1, 0.15) is 35.7 Å². The standard InChI is InChI=1S/C19H26N2O4S/c1-3-26-13-14-4-6-15(7-5-14)18(23)20(2)12-17(22)21-10-8-16(9-11-21)19(24)25/h4-7,16H,3,8-13H2,1-2H3,(H,24,25). The lowest BCUT2D eigenvalue weighted by molar-refractivity contribution is -0.145. The van der Waals surface area contributed by atoms with E-state index in [0.29, 0.717) is 31.5 Å². The minimum Gasteiger partial charge on any atom is -0.481 e. The third kappa shape index (κ3) is 5.49. The normalized spacial score (nSPS) is 14.9. The van der Waals surface area contributed by atoms with E-state index in [1.54, 1.807) is 24.1 Å². The second kappa shape index (κ2) is 9.62. The summed E-state index contributed by atoms with van der Waals surface area (Å²) in [6.07, 6.45) is 0.936. The van der Waals surface area contributed by atoms with Crippen LogP contribution in [0.4, 0.5) is 0 Å². The molecule has 1 aromatic carbocycles. The van der Waals surface area contributed by atoms with E-state index in [1.807, 2.05) is 23.9 Å². The number of carbonyl (C=O) groups excluding carboxylic acids is 2. The molecule has 26 heavy (non-hydrogen) atoms. The lowest BCUT2D eigenvalue weighted by atomic mass is 9.97. The van der Waals surface area contributed by atoms with Crippen molar-refractivity contribution in [1.82, 2.24) is 9.80 Å². The second-order valence-corrected chi connectivity index (χ2v) is 7.76. The monoisotopic (exact) mass is 378 g/mol. The van der Waals surface area contributed by atoms with Crippen LogP contribution in [-0.2, 0) is 15.3 Å². The van der Waals surface area contributed by atoms with Gasteiger partial charge in [0.25, 0.3) is 5.91 Å². The van der Waals surface area contributed by atoms with Crippen LogP contribution in [0.5, 0.6) is 0 Å². The number of nitrogens with zero attached hydrogens (tertiary/aromatic N) is 2. The van der Waals surface area contributed by atoms with Crippen LogP contribution in [0, 0.1) is 5.92 Å². The summed E-state index contributed by atoms with van der Waals surface area (Å²) in [5.74, 6) is 0.475. The molecule has 2 rings (SSSR count). The van der Waals surface area contributed by atoms with Crippen molar-refractivity contribution in [1.29, 1.82) is 0 Å². The number of carbonyl (C=O) groups is 3. The molecule has 0 saturated carbocycles. The van der Waals surface area contributed by atoms with E-state index in [0.717, 1.165) is 11.5 Å². The first-order valence-electron chi connectivity index (χ1n) is 8.85. The van der Waals surface area contributed by atoms with E-state index in [1.165, 1.54) is 10.5 Å². The number of likely N-dealkylation sites (tertiary alicyclic amines) is 1. The van der Waals surface area contributed by atoms with E-state index in [2.05, 4.69) is 6.92 Å². The van der Waals surface area contributed by atoms with Gasteiger partial charge in [0, 0.05) is 31.5 Å². The van der Waals surface area contributed by atoms with Crippen molar-refractivity contribution in [2.45, 2.75) is 25.5 Å². The average Bonchev–Trinajstić information content (AvgIpc) is 2.66. The number of aliphatic carboxylic acids is 1. The molecule has 7 heteroatoms. The Kier molecular flexibility index (Phi) is 7.50. The number of likely N-dealkylation sites (N-methyl/N-ethyl adjacent to an activating group) is 1. The summed E-state index contributed by atoms with van der Waals surface area (Å²) in [6, 6.07) is 7.49. The maximum Gasteiger partial charge on any atom is 0.306 e. The summed E-state index contributed by atoms with van der Waals surface area (Å²) >= 11 is 1.83. The van der Waals surface area contributed by atoms with Crippen LogP contribution in [-0.4, -0.2) is 65.1 Å². The molecule has 2 amide bonds. The van der Waals surface area contributed by atoms with Crippen LogP contribution in [0.15, 0.2) is 24.3 Å². The quantitative estimate of drug-likeness (QED) is 0.788. The van der Waals surface area contributed by atoms with Gasteiger partial charge in [-0.15, -0.1) is 0 Å². The molecule has 6 nitrogen and oxygen atoms in total. The van der Waals surface area contributed by atoms with E-state index >= 15 is 0 Å². The number of hydrogen-bond donors (Lipinski definition) is 1.